The predicted octanol–water partition coefficient (Wildman–Crippen LogP) is 1.82. The van der Waals surface area contributed by atoms with E-state index in [1.54, 1.807) is 0 Å². The third-order valence-electron chi connectivity index (χ3n) is 1.88. The Bertz CT molecular complexity index is 150. The molecule has 0 unspecified atom stereocenters. The summed E-state index contributed by atoms with van der Waals surface area (Å²) in [6.45, 7) is 2.98. The van der Waals surface area contributed by atoms with Crippen LogP contribution in [-0.4, -0.2) is 22.9 Å². The Morgan fingerprint density at radius 2 is 1.77 bits per heavy atom. The summed E-state index contributed by atoms with van der Waals surface area (Å²) in [5.41, 5.74) is 4.36. The molecule has 0 amide bonds. The Balaban J connectivity index is 3.67. The normalized spacial score (nSPS) is 15.9. The molecule has 0 heterocycles. The van der Waals surface area contributed by atoms with Crippen molar-refractivity contribution in [2.45, 2.75) is 50.9 Å². The molecule has 0 fully saturated rings. The van der Waals surface area contributed by atoms with E-state index in [4.69, 9.17) is 5.73 Å². The largest absolute Gasteiger partial charge is 0.389 e. The molecule has 0 aromatic carbocycles. The van der Waals surface area contributed by atoms with Gasteiger partial charge in [-0.25, -0.2) is 0 Å². The first-order chi connectivity index (χ1) is 5.63. The van der Waals surface area contributed by atoms with E-state index in [9.17, 15) is 18.3 Å². The van der Waals surface area contributed by atoms with Gasteiger partial charge in [-0.2, -0.15) is 13.2 Å². The lowest BCUT2D eigenvalue weighted by Gasteiger charge is -2.25. The third-order valence-corrected chi connectivity index (χ3v) is 1.88. The lowest BCUT2D eigenvalue weighted by molar-refractivity contribution is -0.136. The maximum absolute atomic E-state index is 11.7. The molecular formula is C8H16F3NO. The standard InChI is InChI=1S/C8H16F3NO/c1-7(2,13)6(12)4-3-5-8(9,10)11/h6,13H,3-5,12H2,1-2H3/t6-/m0/s1. The molecule has 0 saturated heterocycles. The van der Waals surface area contributed by atoms with Crippen LogP contribution in [0.1, 0.15) is 33.1 Å². The molecule has 13 heavy (non-hydrogen) atoms. The number of nitrogens with two attached hydrogens (primary N) is 1. The van der Waals surface area contributed by atoms with Gasteiger partial charge in [-0.3, -0.25) is 0 Å². The molecule has 0 aliphatic carbocycles. The van der Waals surface area contributed by atoms with Crippen molar-refractivity contribution in [2.75, 3.05) is 0 Å². The molecule has 0 aliphatic rings. The molecule has 0 spiro atoms. The van der Waals surface area contributed by atoms with Gasteiger partial charge in [0.25, 0.3) is 0 Å². The first-order valence-electron chi connectivity index (χ1n) is 4.17. The highest BCUT2D eigenvalue weighted by atomic mass is 19.4. The third kappa shape index (κ3) is 6.83. The van der Waals surface area contributed by atoms with Gasteiger partial charge in [0.05, 0.1) is 5.60 Å². The van der Waals surface area contributed by atoms with E-state index < -0.39 is 24.2 Å². The zero-order chi connectivity index (χ0) is 10.7. The summed E-state index contributed by atoms with van der Waals surface area (Å²) in [5.74, 6) is 0. The van der Waals surface area contributed by atoms with Crippen molar-refractivity contribution in [1.29, 1.82) is 0 Å². The molecule has 2 nitrogen and oxygen atoms in total. The summed E-state index contributed by atoms with van der Waals surface area (Å²) in [6, 6.07) is -0.602. The van der Waals surface area contributed by atoms with E-state index in [-0.39, 0.29) is 12.8 Å². The van der Waals surface area contributed by atoms with Crippen LogP contribution in [0.25, 0.3) is 0 Å². The second kappa shape index (κ2) is 4.28. The average Bonchev–Trinajstić information content (AvgIpc) is 1.82. The molecule has 0 aromatic rings. The molecule has 0 saturated carbocycles. The first kappa shape index (κ1) is 12.7. The van der Waals surface area contributed by atoms with Crippen molar-refractivity contribution in [3.63, 3.8) is 0 Å². The van der Waals surface area contributed by atoms with Crippen molar-refractivity contribution in [1.82, 2.24) is 0 Å². The number of rotatable bonds is 4. The molecule has 80 valence electrons. The van der Waals surface area contributed by atoms with Crippen molar-refractivity contribution >= 4 is 0 Å². The quantitative estimate of drug-likeness (QED) is 0.725. The predicted molar refractivity (Wildman–Crippen MR) is 44.2 cm³/mol. The van der Waals surface area contributed by atoms with Crippen molar-refractivity contribution in [3.8, 4) is 0 Å². The van der Waals surface area contributed by atoms with Crippen LogP contribution in [0.4, 0.5) is 13.2 Å². The molecule has 0 aliphatic heterocycles. The van der Waals surface area contributed by atoms with Crippen LogP contribution in [0.5, 0.6) is 0 Å². The van der Waals surface area contributed by atoms with Gasteiger partial charge in [-0.1, -0.05) is 0 Å². The van der Waals surface area contributed by atoms with Gasteiger partial charge in [0, 0.05) is 12.5 Å². The minimum Gasteiger partial charge on any atom is -0.389 e. The second-order valence-corrected chi connectivity index (χ2v) is 3.77. The minimum absolute atomic E-state index is 0.0331. The van der Waals surface area contributed by atoms with Crippen LogP contribution in [0.2, 0.25) is 0 Å². The van der Waals surface area contributed by atoms with Crippen LogP contribution < -0.4 is 5.73 Å². The Labute approximate surface area is 75.9 Å². The fraction of sp³-hybridized carbons (Fsp3) is 1.00. The molecule has 1 atom stereocenters. The smallest absolute Gasteiger partial charge is 0.389 e. The van der Waals surface area contributed by atoms with Crippen LogP contribution in [0, 0.1) is 0 Å². The van der Waals surface area contributed by atoms with Crippen molar-refractivity contribution in [3.05, 3.63) is 0 Å². The summed E-state index contributed by atoms with van der Waals surface area (Å²) in [7, 11) is 0. The van der Waals surface area contributed by atoms with Crippen LogP contribution >= 0.6 is 0 Å². The molecule has 0 rings (SSSR count). The van der Waals surface area contributed by atoms with Crippen LogP contribution in [0.15, 0.2) is 0 Å². The zero-order valence-corrected chi connectivity index (χ0v) is 7.86. The summed E-state index contributed by atoms with van der Waals surface area (Å²) < 4.78 is 35.1. The number of hydrogen-bond donors (Lipinski definition) is 2. The Kier molecular flexibility index (Phi) is 4.19. The molecule has 5 heteroatoms. The van der Waals surface area contributed by atoms with E-state index in [1.807, 2.05) is 0 Å². The lowest BCUT2D eigenvalue weighted by atomic mass is 9.95. The minimum atomic E-state index is -4.13. The molecule has 0 aromatic heterocycles. The molecule has 0 radical (unpaired) electrons. The van der Waals surface area contributed by atoms with Gasteiger partial charge in [0.15, 0.2) is 0 Å². The fourth-order valence-electron chi connectivity index (χ4n) is 0.876. The second-order valence-electron chi connectivity index (χ2n) is 3.77. The maximum atomic E-state index is 11.7. The van der Waals surface area contributed by atoms with Gasteiger partial charge in [-0.15, -0.1) is 0 Å². The number of alkyl halides is 3. The summed E-state index contributed by atoms with van der Waals surface area (Å²) >= 11 is 0. The topological polar surface area (TPSA) is 46.2 Å². The lowest BCUT2D eigenvalue weighted by Crippen LogP contribution is -2.42. The Morgan fingerprint density at radius 3 is 2.08 bits per heavy atom. The summed E-state index contributed by atoms with van der Waals surface area (Å²) in [5, 5.41) is 9.31. The van der Waals surface area contributed by atoms with E-state index >= 15 is 0 Å². The van der Waals surface area contributed by atoms with Crippen LogP contribution in [0.3, 0.4) is 0 Å². The van der Waals surface area contributed by atoms with E-state index in [2.05, 4.69) is 0 Å². The molecule has 3 N–H and O–H groups in total. The fourth-order valence-corrected chi connectivity index (χ4v) is 0.876. The first-order valence-corrected chi connectivity index (χ1v) is 4.17. The molecular weight excluding hydrogens is 183 g/mol. The Morgan fingerprint density at radius 1 is 1.31 bits per heavy atom. The maximum Gasteiger partial charge on any atom is 0.389 e. The number of hydrogen-bond acceptors (Lipinski definition) is 2. The van der Waals surface area contributed by atoms with E-state index in [1.165, 1.54) is 13.8 Å². The Hall–Kier alpha value is -0.290. The van der Waals surface area contributed by atoms with Gasteiger partial charge in [0.1, 0.15) is 0 Å². The van der Waals surface area contributed by atoms with Gasteiger partial charge >= 0.3 is 6.18 Å². The highest BCUT2D eigenvalue weighted by Crippen LogP contribution is 2.23. The van der Waals surface area contributed by atoms with Crippen LogP contribution in [-0.2, 0) is 0 Å². The van der Waals surface area contributed by atoms with Crippen molar-refractivity contribution < 1.29 is 18.3 Å². The summed E-state index contributed by atoms with van der Waals surface area (Å²) in [6.07, 6.45) is -4.81. The van der Waals surface area contributed by atoms with Gasteiger partial charge in [-0.05, 0) is 26.7 Å². The number of halogens is 3. The van der Waals surface area contributed by atoms with Crippen molar-refractivity contribution in [2.24, 2.45) is 5.73 Å². The highest BCUT2D eigenvalue weighted by molar-refractivity contribution is 4.80. The SMILES string of the molecule is CC(C)(O)[C@@H](N)CCCC(F)(F)F. The highest BCUT2D eigenvalue weighted by Gasteiger charge is 2.28. The molecule has 0 bridgehead atoms. The average molecular weight is 199 g/mol. The van der Waals surface area contributed by atoms with Gasteiger partial charge < -0.3 is 10.8 Å². The zero-order valence-electron chi connectivity index (χ0n) is 7.86. The van der Waals surface area contributed by atoms with E-state index in [0.717, 1.165) is 0 Å². The summed E-state index contributed by atoms with van der Waals surface area (Å²) in [4.78, 5) is 0. The number of aliphatic hydroxyl groups is 1. The van der Waals surface area contributed by atoms with Gasteiger partial charge in [0.2, 0.25) is 0 Å². The monoisotopic (exact) mass is 199 g/mol. The van der Waals surface area contributed by atoms with E-state index in [0.29, 0.717) is 0 Å².